The minimum Gasteiger partial charge on any atom is -0.351 e. The van der Waals surface area contributed by atoms with Crippen molar-refractivity contribution >= 4 is 5.91 Å². The fourth-order valence-electron chi connectivity index (χ4n) is 2.25. The minimum atomic E-state index is -0.452. The Kier molecular flexibility index (Phi) is 5.34. The Labute approximate surface area is 132 Å². The Morgan fingerprint density at radius 1 is 1.09 bits per heavy atom. The number of aryl methyl sites for hydroxylation is 1. The zero-order valence-electron chi connectivity index (χ0n) is 13.5. The number of rotatable bonds is 5. The van der Waals surface area contributed by atoms with Gasteiger partial charge in [0.15, 0.2) is 0 Å². The van der Waals surface area contributed by atoms with Gasteiger partial charge < -0.3 is 11.1 Å². The molecule has 2 rings (SSSR count). The molecular weight excluding hydrogens is 272 g/mol. The third-order valence-corrected chi connectivity index (χ3v) is 3.79. The number of nitrogens with two attached hydrogens (primary N) is 1. The second-order valence-electron chi connectivity index (χ2n) is 6.05. The summed E-state index contributed by atoms with van der Waals surface area (Å²) < 4.78 is 0. The van der Waals surface area contributed by atoms with Crippen molar-refractivity contribution in [3.63, 3.8) is 0 Å². The van der Waals surface area contributed by atoms with E-state index in [4.69, 9.17) is 5.73 Å². The average molecular weight is 296 g/mol. The first-order valence-corrected chi connectivity index (χ1v) is 7.66. The third-order valence-electron chi connectivity index (χ3n) is 3.79. The van der Waals surface area contributed by atoms with Gasteiger partial charge in [-0.3, -0.25) is 4.79 Å². The molecule has 0 saturated heterocycles. The van der Waals surface area contributed by atoms with E-state index in [1.54, 1.807) is 0 Å². The Morgan fingerprint density at radius 2 is 1.77 bits per heavy atom. The fourth-order valence-corrected chi connectivity index (χ4v) is 2.25. The van der Waals surface area contributed by atoms with Crippen molar-refractivity contribution in [2.24, 2.45) is 11.7 Å². The van der Waals surface area contributed by atoms with E-state index < -0.39 is 6.04 Å². The fraction of sp³-hybridized carbons (Fsp3) is 0.316. The molecule has 3 nitrogen and oxygen atoms in total. The molecule has 3 N–H and O–H groups in total. The molecule has 3 heteroatoms. The number of hydrogen-bond donors (Lipinski definition) is 2. The van der Waals surface area contributed by atoms with Gasteiger partial charge in [0.05, 0.1) is 6.04 Å². The molecule has 0 radical (unpaired) electrons. The van der Waals surface area contributed by atoms with Crippen molar-refractivity contribution in [2.75, 3.05) is 0 Å². The number of amides is 1. The van der Waals surface area contributed by atoms with Crippen LogP contribution >= 0.6 is 0 Å². The predicted octanol–water partition coefficient (Wildman–Crippen LogP) is 3.26. The molecular formula is C19H24N2O. The lowest BCUT2D eigenvalue weighted by molar-refractivity contribution is -0.123. The summed E-state index contributed by atoms with van der Waals surface area (Å²) in [4.78, 5) is 11.8. The van der Waals surface area contributed by atoms with Gasteiger partial charge in [0, 0.05) is 6.54 Å². The summed E-state index contributed by atoms with van der Waals surface area (Å²) in [5.74, 6) is 0.0430. The molecule has 0 spiro atoms. The first-order chi connectivity index (χ1) is 10.5. The van der Waals surface area contributed by atoms with E-state index in [-0.39, 0.29) is 11.8 Å². The molecule has 0 unspecified atom stereocenters. The highest BCUT2D eigenvalue weighted by Gasteiger charge is 2.16. The molecule has 0 aliphatic carbocycles. The molecule has 2 aromatic carbocycles. The summed E-state index contributed by atoms with van der Waals surface area (Å²) in [6, 6.07) is 16.2. The molecule has 1 atom stereocenters. The van der Waals surface area contributed by atoms with Gasteiger partial charge in [-0.2, -0.15) is 0 Å². The van der Waals surface area contributed by atoms with E-state index in [1.807, 2.05) is 26.0 Å². The highest BCUT2D eigenvalue weighted by molar-refractivity contribution is 5.81. The molecule has 0 aromatic heterocycles. The molecule has 1 amide bonds. The van der Waals surface area contributed by atoms with Crippen LogP contribution in [0.2, 0.25) is 0 Å². The first kappa shape index (κ1) is 16.2. The summed E-state index contributed by atoms with van der Waals surface area (Å²) in [7, 11) is 0. The van der Waals surface area contributed by atoms with Crippen LogP contribution in [0.3, 0.4) is 0 Å². The van der Waals surface area contributed by atoms with Crippen LogP contribution in [0.5, 0.6) is 0 Å². The Balaban J connectivity index is 1.99. The number of hydrogen-bond acceptors (Lipinski definition) is 2. The van der Waals surface area contributed by atoms with Crippen LogP contribution in [0.1, 0.15) is 25.0 Å². The molecule has 0 aliphatic rings. The van der Waals surface area contributed by atoms with Crippen molar-refractivity contribution in [1.82, 2.24) is 5.32 Å². The second-order valence-corrected chi connectivity index (χ2v) is 6.05. The minimum absolute atomic E-state index is 0.0993. The van der Waals surface area contributed by atoms with Crippen LogP contribution in [-0.4, -0.2) is 11.9 Å². The summed E-state index contributed by atoms with van der Waals surface area (Å²) in [6.45, 7) is 6.49. The molecule has 22 heavy (non-hydrogen) atoms. The summed E-state index contributed by atoms with van der Waals surface area (Å²) in [5.41, 5.74) is 10.5. The molecule has 116 valence electrons. The van der Waals surface area contributed by atoms with Gasteiger partial charge in [-0.15, -0.1) is 0 Å². The molecule has 0 aliphatic heterocycles. The highest BCUT2D eigenvalue weighted by atomic mass is 16.2. The lowest BCUT2D eigenvalue weighted by atomic mass is 10.0. The van der Waals surface area contributed by atoms with E-state index >= 15 is 0 Å². The summed E-state index contributed by atoms with van der Waals surface area (Å²) in [6.07, 6.45) is 0. The maximum atomic E-state index is 11.8. The van der Waals surface area contributed by atoms with Gasteiger partial charge in [0.25, 0.3) is 0 Å². The van der Waals surface area contributed by atoms with Crippen LogP contribution < -0.4 is 11.1 Å². The van der Waals surface area contributed by atoms with Crippen LogP contribution in [0.15, 0.2) is 48.5 Å². The monoisotopic (exact) mass is 296 g/mol. The standard InChI is InChI=1S/C19H24N2O/c1-13(2)18(20)19(22)21-12-15-7-9-16(10-8-15)17-6-4-5-14(3)11-17/h4-11,13,18H,12,20H2,1-3H3,(H,21,22)/t18-/m0/s1. The smallest absolute Gasteiger partial charge is 0.237 e. The first-order valence-electron chi connectivity index (χ1n) is 7.66. The van der Waals surface area contributed by atoms with E-state index in [0.717, 1.165) is 5.56 Å². The largest absolute Gasteiger partial charge is 0.351 e. The Hall–Kier alpha value is -2.13. The van der Waals surface area contributed by atoms with Crippen molar-refractivity contribution in [1.29, 1.82) is 0 Å². The average Bonchev–Trinajstić information content (AvgIpc) is 2.52. The summed E-state index contributed by atoms with van der Waals surface area (Å²) in [5, 5.41) is 2.88. The number of carbonyl (C=O) groups is 1. The van der Waals surface area contributed by atoms with Crippen LogP contribution in [0.25, 0.3) is 11.1 Å². The van der Waals surface area contributed by atoms with Gasteiger partial charge in [-0.25, -0.2) is 0 Å². The maximum Gasteiger partial charge on any atom is 0.237 e. The predicted molar refractivity (Wildman–Crippen MR) is 91.3 cm³/mol. The number of carbonyl (C=O) groups excluding carboxylic acids is 1. The third kappa shape index (κ3) is 4.18. The topological polar surface area (TPSA) is 55.1 Å². The molecule has 2 aromatic rings. The van der Waals surface area contributed by atoms with Crippen molar-refractivity contribution in [3.8, 4) is 11.1 Å². The van der Waals surface area contributed by atoms with Gasteiger partial charge in [-0.05, 0) is 29.5 Å². The SMILES string of the molecule is Cc1cccc(-c2ccc(CNC(=O)[C@@H](N)C(C)C)cc2)c1. The van der Waals surface area contributed by atoms with Crippen molar-refractivity contribution < 1.29 is 4.79 Å². The quantitative estimate of drug-likeness (QED) is 0.890. The van der Waals surface area contributed by atoms with E-state index in [0.29, 0.717) is 6.54 Å². The number of nitrogens with one attached hydrogen (secondary N) is 1. The van der Waals surface area contributed by atoms with Gasteiger partial charge in [0.2, 0.25) is 5.91 Å². The van der Waals surface area contributed by atoms with E-state index in [1.165, 1.54) is 16.7 Å². The lowest BCUT2D eigenvalue weighted by Gasteiger charge is -2.15. The van der Waals surface area contributed by atoms with Gasteiger partial charge >= 0.3 is 0 Å². The van der Waals surface area contributed by atoms with Crippen LogP contribution in [0.4, 0.5) is 0 Å². The Bertz CT molecular complexity index is 632. The Morgan fingerprint density at radius 3 is 2.36 bits per heavy atom. The van der Waals surface area contributed by atoms with Crippen molar-refractivity contribution in [2.45, 2.75) is 33.4 Å². The molecule has 0 saturated carbocycles. The van der Waals surface area contributed by atoms with Crippen LogP contribution in [0, 0.1) is 12.8 Å². The molecule has 0 heterocycles. The van der Waals surface area contributed by atoms with Gasteiger partial charge in [0.1, 0.15) is 0 Å². The normalized spacial score (nSPS) is 12.2. The lowest BCUT2D eigenvalue weighted by Crippen LogP contribution is -2.43. The van der Waals surface area contributed by atoms with E-state index in [2.05, 4.69) is 48.6 Å². The molecule has 0 fully saturated rings. The van der Waals surface area contributed by atoms with Gasteiger partial charge in [-0.1, -0.05) is 67.9 Å². The number of benzene rings is 2. The summed E-state index contributed by atoms with van der Waals surface area (Å²) >= 11 is 0. The van der Waals surface area contributed by atoms with Crippen molar-refractivity contribution in [3.05, 3.63) is 59.7 Å². The zero-order valence-corrected chi connectivity index (χ0v) is 13.5. The second kappa shape index (κ2) is 7.23. The van der Waals surface area contributed by atoms with Crippen LogP contribution in [-0.2, 0) is 11.3 Å². The maximum absolute atomic E-state index is 11.8. The van der Waals surface area contributed by atoms with E-state index in [9.17, 15) is 4.79 Å². The highest BCUT2D eigenvalue weighted by Crippen LogP contribution is 2.20. The molecule has 0 bridgehead atoms. The zero-order chi connectivity index (χ0) is 16.1.